The lowest BCUT2D eigenvalue weighted by atomic mass is 9.98. The fraction of sp³-hybridized carbons (Fsp3) is 0.375. The molecule has 4 heterocycles. The molecule has 0 radical (unpaired) electrons. The maximum atomic E-state index is 4.50. The van der Waals surface area contributed by atoms with Crippen molar-refractivity contribution in [3.8, 4) is 10.6 Å². The van der Waals surface area contributed by atoms with Crippen LogP contribution in [0.5, 0.6) is 0 Å². The normalized spacial score (nSPS) is 19.5. The van der Waals surface area contributed by atoms with E-state index in [4.69, 9.17) is 0 Å². The topological polar surface area (TPSA) is 44.8 Å². The summed E-state index contributed by atoms with van der Waals surface area (Å²) in [4.78, 5) is 8.31. The summed E-state index contributed by atoms with van der Waals surface area (Å²) in [6, 6.07) is 4.24. The predicted octanol–water partition coefficient (Wildman–Crippen LogP) is 3.97. The van der Waals surface area contributed by atoms with E-state index in [2.05, 4.69) is 43.0 Å². The Labute approximate surface area is 137 Å². The zero-order valence-electron chi connectivity index (χ0n) is 12.2. The fourth-order valence-corrected chi connectivity index (χ4v) is 4.67. The van der Waals surface area contributed by atoms with Crippen molar-refractivity contribution in [2.75, 3.05) is 13.1 Å². The van der Waals surface area contributed by atoms with Gasteiger partial charge in [0, 0.05) is 36.1 Å². The molecule has 0 aliphatic carbocycles. The van der Waals surface area contributed by atoms with E-state index < -0.39 is 0 Å². The first-order valence-corrected chi connectivity index (χ1v) is 9.34. The maximum Gasteiger partial charge on any atom is 0.0968 e. The number of H-pyrrole nitrogens is 1. The molecule has 1 fully saturated rings. The Morgan fingerprint density at radius 1 is 1.32 bits per heavy atom. The number of aromatic amines is 1. The molecule has 1 aliphatic heterocycles. The van der Waals surface area contributed by atoms with Crippen molar-refractivity contribution in [1.29, 1.82) is 0 Å². The van der Waals surface area contributed by atoms with Gasteiger partial charge in [0.2, 0.25) is 0 Å². The lowest BCUT2D eigenvalue weighted by molar-refractivity contribution is 0.200. The molecule has 22 heavy (non-hydrogen) atoms. The highest BCUT2D eigenvalue weighted by Crippen LogP contribution is 2.31. The summed E-state index contributed by atoms with van der Waals surface area (Å²) in [7, 11) is 0. The van der Waals surface area contributed by atoms with E-state index in [-0.39, 0.29) is 0 Å². The number of nitrogens with zero attached hydrogens (tertiary/aromatic N) is 3. The summed E-state index contributed by atoms with van der Waals surface area (Å²) >= 11 is 3.54. The van der Waals surface area contributed by atoms with Gasteiger partial charge in [-0.05, 0) is 30.8 Å². The summed E-state index contributed by atoms with van der Waals surface area (Å²) in [6.45, 7) is 3.23. The standard InChI is InChI=1S/C16H18N4S2/c1-3-12(16-17-5-8-22-16)10-20(6-1)11-13-9-18-19-15(13)14-4-2-7-21-14/h2,4-5,7-9,12H,1,3,6,10-11H2,(H,18,19)/t12-/m0/s1. The van der Waals surface area contributed by atoms with Crippen LogP contribution in [0.4, 0.5) is 0 Å². The number of nitrogens with one attached hydrogen (secondary N) is 1. The number of aromatic nitrogens is 3. The predicted molar refractivity (Wildman–Crippen MR) is 91.3 cm³/mol. The molecule has 3 aromatic rings. The van der Waals surface area contributed by atoms with E-state index in [1.807, 2.05) is 12.4 Å². The molecule has 0 amide bonds. The Balaban J connectivity index is 1.49. The van der Waals surface area contributed by atoms with E-state index >= 15 is 0 Å². The van der Waals surface area contributed by atoms with Gasteiger partial charge in [-0.15, -0.1) is 22.7 Å². The van der Waals surface area contributed by atoms with Crippen molar-refractivity contribution >= 4 is 22.7 Å². The Kier molecular flexibility index (Phi) is 4.05. The maximum absolute atomic E-state index is 4.50. The van der Waals surface area contributed by atoms with Crippen LogP contribution in [0.25, 0.3) is 10.6 Å². The number of likely N-dealkylation sites (tertiary alicyclic amines) is 1. The Morgan fingerprint density at radius 2 is 2.32 bits per heavy atom. The van der Waals surface area contributed by atoms with Gasteiger partial charge in [0.25, 0.3) is 0 Å². The second-order valence-electron chi connectivity index (χ2n) is 5.69. The van der Waals surface area contributed by atoms with Crippen molar-refractivity contribution in [3.63, 3.8) is 0 Å². The zero-order valence-corrected chi connectivity index (χ0v) is 13.9. The Morgan fingerprint density at radius 3 is 3.14 bits per heavy atom. The van der Waals surface area contributed by atoms with Crippen LogP contribution < -0.4 is 0 Å². The molecule has 0 bridgehead atoms. The third kappa shape index (κ3) is 2.86. The number of hydrogen-bond acceptors (Lipinski definition) is 5. The van der Waals surface area contributed by atoms with Crippen LogP contribution in [0.1, 0.15) is 29.3 Å². The highest BCUT2D eigenvalue weighted by molar-refractivity contribution is 7.13. The molecule has 4 nitrogen and oxygen atoms in total. The van der Waals surface area contributed by atoms with Gasteiger partial charge in [-0.25, -0.2) is 4.98 Å². The van der Waals surface area contributed by atoms with Crippen LogP contribution in [0, 0.1) is 0 Å². The van der Waals surface area contributed by atoms with Crippen LogP contribution in [0.2, 0.25) is 0 Å². The average Bonchev–Trinajstić information content (AvgIpc) is 3.29. The van der Waals surface area contributed by atoms with E-state index in [1.165, 1.54) is 34.0 Å². The fourth-order valence-electron chi connectivity index (χ4n) is 3.14. The average molecular weight is 330 g/mol. The number of thiazole rings is 1. The minimum atomic E-state index is 0.589. The molecular formula is C16H18N4S2. The summed E-state index contributed by atoms with van der Waals surface area (Å²) in [5.74, 6) is 0.589. The number of piperidine rings is 1. The monoisotopic (exact) mass is 330 g/mol. The molecule has 1 aliphatic rings. The first-order valence-electron chi connectivity index (χ1n) is 7.58. The lowest BCUT2D eigenvalue weighted by Gasteiger charge is -2.31. The van der Waals surface area contributed by atoms with Gasteiger partial charge in [0.15, 0.2) is 0 Å². The molecule has 4 rings (SSSR count). The van der Waals surface area contributed by atoms with Crippen molar-refractivity contribution in [1.82, 2.24) is 20.1 Å². The van der Waals surface area contributed by atoms with Crippen molar-refractivity contribution in [2.45, 2.75) is 25.3 Å². The van der Waals surface area contributed by atoms with Gasteiger partial charge >= 0.3 is 0 Å². The lowest BCUT2D eigenvalue weighted by Crippen LogP contribution is -2.33. The van der Waals surface area contributed by atoms with Crippen molar-refractivity contribution in [2.24, 2.45) is 0 Å². The zero-order chi connectivity index (χ0) is 14.8. The second kappa shape index (κ2) is 6.32. The van der Waals surface area contributed by atoms with Gasteiger partial charge in [-0.3, -0.25) is 10.00 Å². The molecule has 0 saturated carbocycles. The van der Waals surface area contributed by atoms with Crippen LogP contribution in [-0.2, 0) is 6.54 Å². The largest absolute Gasteiger partial charge is 0.298 e. The summed E-state index contributed by atoms with van der Waals surface area (Å²) in [5, 5.41) is 12.9. The van der Waals surface area contributed by atoms with Gasteiger partial charge in [0.05, 0.1) is 21.8 Å². The molecule has 114 valence electrons. The Hall–Kier alpha value is -1.50. The van der Waals surface area contributed by atoms with Crippen LogP contribution >= 0.6 is 22.7 Å². The van der Waals surface area contributed by atoms with Gasteiger partial charge < -0.3 is 0 Å². The highest BCUT2D eigenvalue weighted by atomic mass is 32.1. The molecule has 0 unspecified atom stereocenters. The number of rotatable bonds is 4. The highest BCUT2D eigenvalue weighted by Gasteiger charge is 2.24. The van der Waals surface area contributed by atoms with Crippen molar-refractivity contribution < 1.29 is 0 Å². The summed E-state index contributed by atoms with van der Waals surface area (Å²) in [6.07, 6.45) is 6.40. The molecule has 3 aromatic heterocycles. The van der Waals surface area contributed by atoms with Crippen LogP contribution in [0.15, 0.2) is 35.3 Å². The molecule has 1 saturated heterocycles. The van der Waals surface area contributed by atoms with Gasteiger partial charge in [-0.2, -0.15) is 5.10 Å². The molecule has 6 heteroatoms. The second-order valence-corrected chi connectivity index (χ2v) is 7.57. The first-order chi connectivity index (χ1) is 10.9. The molecule has 1 N–H and O–H groups in total. The summed E-state index contributed by atoms with van der Waals surface area (Å²) in [5.41, 5.74) is 2.47. The minimum absolute atomic E-state index is 0.589. The third-order valence-electron chi connectivity index (χ3n) is 4.19. The van der Waals surface area contributed by atoms with E-state index in [0.717, 1.165) is 19.6 Å². The molecule has 0 spiro atoms. The third-order valence-corrected chi connectivity index (χ3v) is 6.01. The van der Waals surface area contributed by atoms with Crippen LogP contribution in [-0.4, -0.2) is 33.2 Å². The van der Waals surface area contributed by atoms with E-state index in [9.17, 15) is 0 Å². The van der Waals surface area contributed by atoms with E-state index in [0.29, 0.717) is 5.92 Å². The van der Waals surface area contributed by atoms with Crippen LogP contribution in [0.3, 0.4) is 0 Å². The van der Waals surface area contributed by atoms with Gasteiger partial charge in [0.1, 0.15) is 0 Å². The molecule has 1 atom stereocenters. The number of hydrogen-bond donors (Lipinski definition) is 1. The SMILES string of the molecule is c1csc(-c2[nH]ncc2CN2CCC[C@H](c3nccs3)C2)c1. The smallest absolute Gasteiger partial charge is 0.0968 e. The van der Waals surface area contributed by atoms with Gasteiger partial charge in [-0.1, -0.05) is 6.07 Å². The van der Waals surface area contributed by atoms with Crippen molar-refractivity contribution in [3.05, 3.63) is 45.9 Å². The number of thiophene rings is 1. The molecular weight excluding hydrogens is 312 g/mol. The quantitative estimate of drug-likeness (QED) is 0.787. The minimum Gasteiger partial charge on any atom is -0.298 e. The van der Waals surface area contributed by atoms with E-state index in [1.54, 1.807) is 22.7 Å². The first kappa shape index (κ1) is 14.1. The summed E-state index contributed by atoms with van der Waals surface area (Å²) < 4.78 is 0. The Bertz CT molecular complexity index is 702. The molecule has 0 aromatic carbocycles.